The summed E-state index contributed by atoms with van der Waals surface area (Å²) in [5.74, 6) is 0. The standard InChI is InChI=1S/C13H29NO3S/c1-5-13(6-2,18-4)11-14-9-12(15)10-17-8-7-16-3/h12,14-15H,5-11H2,1-4H3. The Labute approximate surface area is 116 Å². The van der Waals surface area contributed by atoms with Crippen molar-refractivity contribution in [3.05, 3.63) is 0 Å². The molecule has 18 heavy (non-hydrogen) atoms. The lowest BCUT2D eigenvalue weighted by atomic mass is 10.0. The minimum atomic E-state index is -0.449. The monoisotopic (exact) mass is 279 g/mol. The topological polar surface area (TPSA) is 50.7 Å². The van der Waals surface area contributed by atoms with Crippen molar-refractivity contribution in [2.75, 3.05) is 46.3 Å². The first kappa shape index (κ1) is 18.2. The van der Waals surface area contributed by atoms with Gasteiger partial charge >= 0.3 is 0 Å². The van der Waals surface area contributed by atoms with Gasteiger partial charge in [-0.2, -0.15) is 11.8 Å². The maximum Gasteiger partial charge on any atom is 0.0897 e. The Morgan fingerprint density at radius 3 is 2.44 bits per heavy atom. The molecule has 0 bridgehead atoms. The van der Waals surface area contributed by atoms with E-state index >= 15 is 0 Å². The number of nitrogens with one attached hydrogen (secondary N) is 1. The van der Waals surface area contributed by atoms with Crippen molar-refractivity contribution in [3.8, 4) is 0 Å². The van der Waals surface area contributed by atoms with Crippen molar-refractivity contribution in [1.82, 2.24) is 5.32 Å². The Bertz CT molecular complexity index is 181. The Balaban J connectivity index is 3.68. The molecule has 0 aromatic carbocycles. The van der Waals surface area contributed by atoms with E-state index in [1.165, 1.54) is 0 Å². The molecule has 110 valence electrons. The van der Waals surface area contributed by atoms with E-state index in [-0.39, 0.29) is 4.75 Å². The second-order valence-corrected chi connectivity index (χ2v) is 5.72. The van der Waals surface area contributed by atoms with Gasteiger partial charge in [0.05, 0.1) is 25.9 Å². The SMILES string of the molecule is CCC(CC)(CNCC(O)COCCOC)SC. The van der Waals surface area contributed by atoms with Gasteiger partial charge in [-0.25, -0.2) is 0 Å². The molecule has 0 radical (unpaired) electrons. The number of ether oxygens (including phenoxy) is 2. The molecule has 0 saturated heterocycles. The highest BCUT2D eigenvalue weighted by Crippen LogP contribution is 2.29. The summed E-state index contributed by atoms with van der Waals surface area (Å²) < 4.78 is 10.4. The number of thioether (sulfide) groups is 1. The number of hydrogen-bond acceptors (Lipinski definition) is 5. The van der Waals surface area contributed by atoms with E-state index in [2.05, 4.69) is 25.4 Å². The Morgan fingerprint density at radius 1 is 1.28 bits per heavy atom. The first-order valence-electron chi connectivity index (χ1n) is 6.64. The molecule has 4 nitrogen and oxygen atoms in total. The second-order valence-electron chi connectivity index (χ2n) is 4.45. The first-order chi connectivity index (χ1) is 8.64. The van der Waals surface area contributed by atoms with Gasteiger partial charge in [-0.05, 0) is 19.1 Å². The molecule has 0 heterocycles. The highest BCUT2D eigenvalue weighted by atomic mass is 32.2. The Kier molecular flexibility index (Phi) is 11.2. The van der Waals surface area contributed by atoms with Crippen LogP contribution >= 0.6 is 11.8 Å². The molecule has 0 rings (SSSR count). The van der Waals surface area contributed by atoms with Gasteiger partial charge in [0.25, 0.3) is 0 Å². The summed E-state index contributed by atoms with van der Waals surface area (Å²) in [5, 5.41) is 13.1. The average molecular weight is 279 g/mol. The van der Waals surface area contributed by atoms with Gasteiger partial charge in [0.1, 0.15) is 0 Å². The number of hydrogen-bond donors (Lipinski definition) is 2. The van der Waals surface area contributed by atoms with Gasteiger partial charge in [-0.1, -0.05) is 13.8 Å². The van der Waals surface area contributed by atoms with Crippen molar-refractivity contribution < 1.29 is 14.6 Å². The zero-order valence-electron chi connectivity index (χ0n) is 12.2. The summed E-state index contributed by atoms with van der Waals surface area (Å²) >= 11 is 1.90. The number of methoxy groups -OCH3 is 1. The third-order valence-corrected chi connectivity index (χ3v) is 4.88. The van der Waals surface area contributed by atoms with Crippen LogP contribution in [0, 0.1) is 0 Å². The van der Waals surface area contributed by atoms with Gasteiger partial charge in [-0.15, -0.1) is 0 Å². The van der Waals surface area contributed by atoms with Crippen LogP contribution in [0.1, 0.15) is 26.7 Å². The summed E-state index contributed by atoms with van der Waals surface area (Å²) in [6.07, 6.45) is 3.98. The molecule has 1 atom stereocenters. The summed E-state index contributed by atoms with van der Waals surface area (Å²) in [5.41, 5.74) is 0. The van der Waals surface area contributed by atoms with Crippen molar-refractivity contribution in [1.29, 1.82) is 0 Å². The smallest absolute Gasteiger partial charge is 0.0897 e. The van der Waals surface area contributed by atoms with Gasteiger partial charge in [0, 0.05) is 24.9 Å². The lowest BCUT2D eigenvalue weighted by Crippen LogP contribution is -2.40. The van der Waals surface area contributed by atoms with Crippen molar-refractivity contribution in [2.45, 2.75) is 37.5 Å². The van der Waals surface area contributed by atoms with Crippen LogP contribution in [0.15, 0.2) is 0 Å². The lowest BCUT2D eigenvalue weighted by Gasteiger charge is -2.30. The molecule has 0 aromatic heterocycles. The second kappa shape index (κ2) is 11.1. The van der Waals surface area contributed by atoms with Crippen LogP contribution < -0.4 is 5.32 Å². The van der Waals surface area contributed by atoms with E-state index < -0.39 is 6.10 Å². The summed E-state index contributed by atoms with van der Waals surface area (Å²) in [4.78, 5) is 0. The normalized spacial score (nSPS) is 13.8. The molecule has 0 spiro atoms. The fraction of sp³-hybridized carbons (Fsp3) is 1.00. The third kappa shape index (κ3) is 7.59. The van der Waals surface area contributed by atoms with Gasteiger partial charge in [-0.3, -0.25) is 0 Å². The average Bonchev–Trinajstić information content (AvgIpc) is 2.40. The molecule has 0 aliphatic carbocycles. The molecule has 0 amide bonds. The van der Waals surface area contributed by atoms with Crippen LogP contribution in [-0.4, -0.2) is 62.2 Å². The van der Waals surface area contributed by atoms with E-state index in [1.807, 2.05) is 11.8 Å². The van der Waals surface area contributed by atoms with Crippen molar-refractivity contribution >= 4 is 11.8 Å². The number of rotatable bonds is 12. The summed E-state index contributed by atoms with van der Waals surface area (Å²) in [7, 11) is 1.64. The zero-order valence-corrected chi connectivity index (χ0v) is 13.0. The molecule has 0 saturated carbocycles. The third-order valence-electron chi connectivity index (χ3n) is 3.29. The van der Waals surface area contributed by atoms with Crippen LogP contribution in [-0.2, 0) is 9.47 Å². The highest BCUT2D eigenvalue weighted by molar-refractivity contribution is 8.00. The van der Waals surface area contributed by atoms with Crippen LogP contribution in [0.25, 0.3) is 0 Å². The minimum absolute atomic E-state index is 0.288. The quantitative estimate of drug-likeness (QED) is 0.531. The summed E-state index contributed by atoms with van der Waals surface area (Å²) in [6, 6.07) is 0. The van der Waals surface area contributed by atoms with Crippen LogP contribution in [0.5, 0.6) is 0 Å². The fourth-order valence-corrected chi connectivity index (χ4v) is 2.57. The van der Waals surface area contributed by atoms with Gasteiger partial charge in [0.2, 0.25) is 0 Å². The van der Waals surface area contributed by atoms with Crippen molar-refractivity contribution in [3.63, 3.8) is 0 Å². The summed E-state index contributed by atoms with van der Waals surface area (Å²) in [6.45, 7) is 7.40. The molecule has 5 heteroatoms. The molecular formula is C13H29NO3S. The lowest BCUT2D eigenvalue weighted by molar-refractivity contribution is 0.0137. The molecule has 1 unspecified atom stereocenters. The van der Waals surface area contributed by atoms with Crippen LogP contribution in [0.4, 0.5) is 0 Å². The van der Waals surface area contributed by atoms with Gasteiger partial charge < -0.3 is 19.9 Å². The molecule has 0 fully saturated rings. The van der Waals surface area contributed by atoms with E-state index in [0.717, 1.165) is 19.4 Å². The first-order valence-corrected chi connectivity index (χ1v) is 7.87. The van der Waals surface area contributed by atoms with Crippen LogP contribution in [0.2, 0.25) is 0 Å². The van der Waals surface area contributed by atoms with E-state index in [1.54, 1.807) is 7.11 Å². The van der Waals surface area contributed by atoms with Crippen molar-refractivity contribution in [2.24, 2.45) is 0 Å². The zero-order chi connectivity index (χ0) is 13.9. The predicted molar refractivity (Wildman–Crippen MR) is 78.4 cm³/mol. The number of aliphatic hydroxyl groups excluding tert-OH is 1. The molecule has 0 aliphatic heterocycles. The Morgan fingerprint density at radius 2 is 1.94 bits per heavy atom. The van der Waals surface area contributed by atoms with Crippen LogP contribution in [0.3, 0.4) is 0 Å². The highest BCUT2D eigenvalue weighted by Gasteiger charge is 2.24. The van der Waals surface area contributed by atoms with E-state index in [0.29, 0.717) is 26.4 Å². The maximum atomic E-state index is 9.73. The fourth-order valence-electron chi connectivity index (χ4n) is 1.75. The van der Waals surface area contributed by atoms with E-state index in [4.69, 9.17) is 9.47 Å². The molecule has 0 aliphatic rings. The largest absolute Gasteiger partial charge is 0.389 e. The minimum Gasteiger partial charge on any atom is -0.389 e. The van der Waals surface area contributed by atoms with Gasteiger partial charge in [0.15, 0.2) is 0 Å². The molecule has 2 N–H and O–H groups in total. The molecule has 0 aromatic rings. The number of aliphatic hydroxyl groups is 1. The Hall–Kier alpha value is 0.190. The van der Waals surface area contributed by atoms with E-state index in [9.17, 15) is 5.11 Å². The maximum absolute atomic E-state index is 9.73. The molecular weight excluding hydrogens is 250 g/mol. The predicted octanol–water partition coefficient (Wildman–Crippen LogP) is 1.52.